The Morgan fingerprint density at radius 3 is 2.68 bits per heavy atom. The first kappa shape index (κ1) is 17.9. The highest BCUT2D eigenvalue weighted by molar-refractivity contribution is 5.80. The van der Waals surface area contributed by atoms with E-state index in [1.807, 2.05) is 6.92 Å². The van der Waals surface area contributed by atoms with Crippen LogP contribution >= 0.6 is 0 Å². The van der Waals surface area contributed by atoms with Crippen molar-refractivity contribution in [1.82, 2.24) is 10.6 Å². The summed E-state index contributed by atoms with van der Waals surface area (Å²) in [7, 11) is 0. The molecule has 1 aliphatic carbocycles. The molecule has 1 saturated heterocycles. The van der Waals surface area contributed by atoms with Gasteiger partial charge in [-0.05, 0) is 44.7 Å². The zero-order valence-electron chi connectivity index (χ0n) is 14.6. The van der Waals surface area contributed by atoms with Crippen LogP contribution in [0, 0.1) is 11.6 Å². The van der Waals surface area contributed by atoms with Gasteiger partial charge in [0.15, 0.2) is 5.96 Å². The van der Waals surface area contributed by atoms with E-state index in [-0.39, 0.29) is 11.7 Å². The van der Waals surface area contributed by atoms with Crippen molar-refractivity contribution in [2.75, 3.05) is 31.1 Å². The van der Waals surface area contributed by atoms with Crippen molar-refractivity contribution < 1.29 is 13.9 Å². The summed E-state index contributed by atoms with van der Waals surface area (Å²) in [6.45, 7) is 4.15. The van der Waals surface area contributed by atoms with Crippen molar-refractivity contribution in [3.05, 3.63) is 29.8 Å². The van der Waals surface area contributed by atoms with E-state index in [0.29, 0.717) is 32.1 Å². The minimum Gasteiger partial charge on any atom is -0.388 e. The molecule has 1 saturated carbocycles. The predicted octanol–water partition coefficient (Wildman–Crippen LogP) is 2.01. The molecule has 25 heavy (non-hydrogen) atoms. The van der Waals surface area contributed by atoms with Crippen LogP contribution in [-0.2, 0) is 0 Å². The summed E-state index contributed by atoms with van der Waals surface area (Å²) in [4.78, 5) is 6.21. The Morgan fingerprint density at radius 2 is 2.08 bits per heavy atom. The molecule has 138 valence electrons. The van der Waals surface area contributed by atoms with Crippen LogP contribution in [0.4, 0.5) is 14.5 Å². The number of benzene rings is 1. The molecule has 0 spiro atoms. The normalized spacial score (nSPS) is 22.6. The van der Waals surface area contributed by atoms with Gasteiger partial charge in [0.25, 0.3) is 0 Å². The molecular formula is C18H26F2N4O. The molecule has 2 aliphatic rings. The lowest BCUT2D eigenvalue weighted by atomic mass is 9.80. The lowest BCUT2D eigenvalue weighted by molar-refractivity contribution is -0.0236. The van der Waals surface area contributed by atoms with E-state index in [1.54, 1.807) is 4.90 Å². The van der Waals surface area contributed by atoms with E-state index in [4.69, 9.17) is 0 Å². The predicted molar refractivity (Wildman–Crippen MR) is 94.9 cm³/mol. The maximum absolute atomic E-state index is 13.9. The molecule has 0 aromatic heterocycles. The fourth-order valence-electron chi connectivity index (χ4n) is 3.35. The molecule has 3 rings (SSSR count). The Kier molecular flexibility index (Phi) is 5.42. The quantitative estimate of drug-likeness (QED) is 0.560. The minimum atomic E-state index is -0.666. The molecule has 0 radical (unpaired) electrons. The maximum Gasteiger partial charge on any atom is 0.191 e. The second kappa shape index (κ2) is 7.56. The Morgan fingerprint density at radius 1 is 1.36 bits per heavy atom. The number of rotatable bonds is 5. The lowest BCUT2D eigenvalue weighted by Gasteiger charge is -2.35. The third kappa shape index (κ3) is 4.21. The van der Waals surface area contributed by atoms with Crippen molar-refractivity contribution in [1.29, 1.82) is 0 Å². The second-order valence-corrected chi connectivity index (χ2v) is 6.92. The van der Waals surface area contributed by atoms with Crippen molar-refractivity contribution >= 4 is 11.6 Å². The van der Waals surface area contributed by atoms with Gasteiger partial charge in [-0.25, -0.2) is 8.78 Å². The van der Waals surface area contributed by atoms with Gasteiger partial charge in [-0.3, -0.25) is 4.99 Å². The third-order valence-corrected chi connectivity index (χ3v) is 4.94. The standard InChI is InChI=1S/C18H26F2N4O/c1-2-21-17(22-12-18(25)8-4-9-18)23-13-7-10-24(11-13)16-14(19)5-3-6-15(16)20/h3,5-6,13,25H,2,4,7-12H2,1H3,(H2,21,22,23). The van der Waals surface area contributed by atoms with Crippen LogP contribution in [0.3, 0.4) is 0 Å². The smallest absolute Gasteiger partial charge is 0.191 e. The average Bonchev–Trinajstić information content (AvgIpc) is 2.99. The number of aliphatic imine (C=N–C) groups is 1. The minimum absolute atomic E-state index is 0.0394. The number of hydrogen-bond donors (Lipinski definition) is 3. The van der Waals surface area contributed by atoms with Gasteiger partial charge in [-0.15, -0.1) is 0 Å². The molecule has 0 bridgehead atoms. The van der Waals surface area contributed by atoms with Gasteiger partial charge in [0, 0.05) is 25.7 Å². The first-order valence-electron chi connectivity index (χ1n) is 8.97. The van der Waals surface area contributed by atoms with Gasteiger partial charge in [0.05, 0.1) is 12.1 Å². The number of aliphatic hydroxyl groups is 1. The highest BCUT2D eigenvalue weighted by Gasteiger charge is 2.34. The fraction of sp³-hybridized carbons (Fsp3) is 0.611. The molecule has 7 heteroatoms. The molecule has 1 atom stereocenters. The summed E-state index contributed by atoms with van der Waals surface area (Å²) in [6.07, 6.45) is 3.39. The highest BCUT2D eigenvalue weighted by Crippen LogP contribution is 2.31. The highest BCUT2D eigenvalue weighted by atomic mass is 19.1. The summed E-state index contributed by atoms with van der Waals surface area (Å²) in [6, 6.07) is 3.99. The SMILES string of the molecule is CCNC(=NCC1(O)CCC1)NC1CCN(c2c(F)cccc2F)C1. The maximum atomic E-state index is 13.9. The first-order chi connectivity index (χ1) is 12.0. The summed E-state index contributed by atoms with van der Waals surface area (Å²) in [5, 5.41) is 16.7. The van der Waals surface area contributed by atoms with E-state index in [9.17, 15) is 13.9 Å². The van der Waals surface area contributed by atoms with Crippen LogP contribution in [0.25, 0.3) is 0 Å². The summed E-state index contributed by atoms with van der Waals surface area (Å²) < 4.78 is 27.9. The lowest BCUT2D eigenvalue weighted by Crippen LogP contribution is -2.46. The Balaban J connectivity index is 1.61. The van der Waals surface area contributed by atoms with Crippen molar-refractivity contribution in [3.8, 4) is 0 Å². The molecule has 1 heterocycles. The van der Waals surface area contributed by atoms with Gasteiger partial charge in [-0.1, -0.05) is 6.07 Å². The van der Waals surface area contributed by atoms with Gasteiger partial charge < -0.3 is 20.6 Å². The summed E-state index contributed by atoms with van der Waals surface area (Å²) >= 11 is 0. The molecule has 1 aromatic rings. The topological polar surface area (TPSA) is 59.9 Å². The van der Waals surface area contributed by atoms with Gasteiger partial charge in [-0.2, -0.15) is 0 Å². The average molecular weight is 352 g/mol. The molecule has 0 amide bonds. The van der Waals surface area contributed by atoms with Gasteiger partial charge in [0.2, 0.25) is 0 Å². The van der Waals surface area contributed by atoms with Gasteiger partial charge in [0.1, 0.15) is 17.3 Å². The van der Waals surface area contributed by atoms with Crippen molar-refractivity contribution in [2.24, 2.45) is 4.99 Å². The summed E-state index contributed by atoms with van der Waals surface area (Å²) in [5.74, 6) is -0.425. The van der Waals surface area contributed by atoms with Crippen LogP contribution in [0.2, 0.25) is 0 Å². The number of nitrogens with zero attached hydrogens (tertiary/aromatic N) is 2. The fourth-order valence-corrected chi connectivity index (χ4v) is 3.35. The zero-order valence-corrected chi connectivity index (χ0v) is 14.6. The Bertz CT molecular complexity index is 613. The number of nitrogens with one attached hydrogen (secondary N) is 2. The van der Waals surface area contributed by atoms with Crippen molar-refractivity contribution in [3.63, 3.8) is 0 Å². The number of para-hydroxylation sites is 1. The van der Waals surface area contributed by atoms with E-state index in [0.717, 1.165) is 25.7 Å². The zero-order chi connectivity index (χ0) is 17.9. The first-order valence-corrected chi connectivity index (χ1v) is 8.97. The number of anilines is 1. The number of hydrogen-bond acceptors (Lipinski definition) is 3. The van der Waals surface area contributed by atoms with E-state index < -0.39 is 17.2 Å². The largest absolute Gasteiger partial charge is 0.388 e. The third-order valence-electron chi connectivity index (χ3n) is 4.94. The van der Waals surface area contributed by atoms with Crippen molar-refractivity contribution in [2.45, 2.75) is 44.2 Å². The van der Waals surface area contributed by atoms with E-state index in [2.05, 4.69) is 15.6 Å². The van der Waals surface area contributed by atoms with E-state index >= 15 is 0 Å². The van der Waals surface area contributed by atoms with Crippen LogP contribution in [0.5, 0.6) is 0 Å². The summed E-state index contributed by atoms with van der Waals surface area (Å²) in [5.41, 5.74) is -0.627. The van der Waals surface area contributed by atoms with Gasteiger partial charge >= 0.3 is 0 Å². The van der Waals surface area contributed by atoms with Crippen LogP contribution < -0.4 is 15.5 Å². The monoisotopic (exact) mass is 352 g/mol. The van der Waals surface area contributed by atoms with E-state index in [1.165, 1.54) is 18.2 Å². The molecule has 1 unspecified atom stereocenters. The molecule has 3 N–H and O–H groups in total. The van der Waals surface area contributed by atoms with Crippen LogP contribution in [-0.4, -0.2) is 48.9 Å². The second-order valence-electron chi connectivity index (χ2n) is 6.92. The molecular weight excluding hydrogens is 326 g/mol. The Hall–Kier alpha value is -1.89. The molecule has 1 aliphatic heterocycles. The molecule has 2 fully saturated rings. The molecule has 1 aromatic carbocycles. The number of halogens is 2. The van der Waals surface area contributed by atoms with Crippen LogP contribution in [0.1, 0.15) is 32.6 Å². The Labute approximate surface area is 147 Å². The van der Waals surface area contributed by atoms with Crippen LogP contribution in [0.15, 0.2) is 23.2 Å². The molecule has 5 nitrogen and oxygen atoms in total. The number of guanidine groups is 1.